The Hall–Kier alpha value is -1.35. The number of anilines is 1. The van der Waals surface area contributed by atoms with E-state index in [1.165, 1.54) is 24.8 Å². The van der Waals surface area contributed by atoms with Crippen LogP contribution in [-0.4, -0.2) is 18.0 Å². The van der Waals surface area contributed by atoms with Crippen molar-refractivity contribution in [1.82, 2.24) is 5.32 Å². The molecule has 3 fully saturated rings. The molecule has 0 radical (unpaired) electrons. The quantitative estimate of drug-likeness (QED) is 0.892. The van der Waals surface area contributed by atoms with Crippen LogP contribution in [-0.2, 0) is 4.79 Å². The first-order chi connectivity index (χ1) is 10.1. The van der Waals surface area contributed by atoms with E-state index in [2.05, 4.69) is 17.6 Å². The van der Waals surface area contributed by atoms with E-state index < -0.39 is 0 Å². The van der Waals surface area contributed by atoms with Gasteiger partial charge in [0.2, 0.25) is 5.91 Å². The van der Waals surface area contributed by atoms with Gasteiger partial charge in [-0.2, -0.15) is 0 Å². The lowest BCUT2D eigenvalue weighted by molar-refractivity contribution is -0.117. The Balaban J connectivity index is 1.32. The van der Waals surface area contributed by atoms with Crippen LogP contribution >= 0.6 is 0 Å². The fourth-order valence-electron chi connectivity index (χ4n) is 4.80. The van der Waals surface area contributed by atoms with Gasteiger partial charge < -0.3 is 10.6 Å². The highest BCUT2D eigenvalue weighted by atomic mass is 16.2. The van der Waals surface area contributed by atoms with Gasteiger partial charge in [-0.1, -0.05) is 17.7 Å². The summed E-state index contributed by atoms with van der Waals surface area (Å²) in [6.45, 7) is 4.04. The van der Waals surface area contributed by atoms with E-state index in [1.54, 1.807) is 0 Å². The number of carbonyl (C=O) groups is 1. The van der Waals surface area contributed by atoms with Crippen LogP contribution in [0.25, 0.3) is 0 Å². The molecule has 3 nitrogen and oxygen atoms in total. The predicted octanol–water partition coefficient (Wildman–Crippen LogP) is 2.96. The van der Waals surface area contributed by atoms with Gasteiger partial charge in [0, 0.05) is 11.7 Å². The number of fused-ring (bicyclic) bond motifs is 5. The lowest BCUT2D eigenvalue weighted by Gasteiger charge is -2.17. The molecule has 1 aromatic carbocycles. The molecule has 3 aliphatic carbocycles. The summed E-state index contributed by atoms with van der Waals surface area (Å²) in [5.41, 5.74) is 2.09. The summed E-state index contributed by atoms with van der Waals surface area (Å²) in [6, 6.07) is 8.47. The van der Waals surface area contributed by atoms with Gasteiger partial charge in [0.15, 0.2) is 0 Å². The number of hydrogen-bond acceptors (Lipinski definition) is 2. The number of benzene rings is 1. The third-order valence-corrected chi connectivity index (χ3v) is 5.89. The molecule has 3 heteroatoms. The van der Waals surface area contributed by atoms with Gasteiger partial charge in [-0.15, -0.1) is 0 Å². The standard InChI is InChI=1S/C18H24N2O/c1-10-3-7-14(8-4-10)20-18(21)11(2)19-17-15-12-5-6-13(9-12)16(15)17/h3-4,7-8,11-13,15-17,19H,5-6,9H2,1-2H3,(H,20,21). The average Bonchev–Trinajstić information content (AvgIpc) is 2.86. The van der Waals surface area contributed by atoms with Crippen LogP contribution in [0.4, 0.5) is 5.69 Å². The minimum absolute atomic E-state index is 0.0798. The Morgan fingerprint density at radius 3 is 2.38 bits per heavy atom. The molecule has 0 aliphatic heterocycles. The first-order valence-electron chi connectivity index (χ1n) is 8.27. The van der Waals surface area contributed by atoms with E-state index in [-0.39, 0.29) is 11.9 Å². The Kier molecular flexibility index (Phi) is 3.07. The fraction of sp³-hybridized carbons (Fsp3) is 0.611. The smallest absolute Gasteiger partial charge is 0.241 e. The van der Waals surface area contributed by atoms with Crippen LogP contribution in [0.5, 0.6) is 0 Å². The van der Waals surface area contributed by atoms with Crippen LogP contribution in [0, 0.1) is 30.6 Å². The molecule has 2 N–H and O–H groups in total. The third kappa shape index (κ3) is 2.28. The van der Waals surface area contributed by atoms with Gasteiger partial charge >= 0.3 is 0 Å². The van der Waals surface area contributed by atoms with Gasteiger partial charge in [-0.05, 0) is 68.9 Å². The Bertz CT molecular complexity index is 537. The molecule has 4 rings (SSSR count). The summed E-state index contributed by atoms with van der Waals surface area (Å²) in [4.78, 5) is 12.3. The highest BCUT2D eigenvalue weighted by Crippen LogP contribution is 2.65. The number of aryl methyl sites for hydroxylation is 1. The summed E-state index contributed by atoms with van der Waals surface area (Å²) in [5.74, 6) is 3.72. The topological polar surface area (TPSA) is 41.1 Å². The van der Waals surface area contributed by atoms with Gasteiger partial charge in [-0.25, -0.2) is 0 Å². The van der Waals surface area contributed by atoms with Gasteiger partial charge in [0.25, 0.3) is 0 Å². The van der Waals surface area contributed by atoms with Crippen molar-refractivity contribution < 1.29 is 4.79 Å². The van der Waals surface area contributed by atoms with E-state index in [1.807, 2.05) is 31.2 Å². The minimum Gasteiger partial charge on any atom is -0.325 e. The Morgan fingerprint density at radius 1 is 1.14 bits per heavy atom. The number of nitrogens with one attached hydrogen (secondary N) is 2. The molecule has 2 bridgehead atoms. The van der Waals surface area contributed by atoms with Crippen molar-refractivity contribution in [1.29, 1.82) is 0 Å². The second kappa shape index (κ2) is 4.84. The molecule has 1 aromatic rings. The van der Waals surface area contributed by atoms with E-state index in [0.717, 1.165) is 29.4 Å². The molecular weight excluding hydrogens is 260 g/mol. The number of carbonyl (C=O) groups excluding carboxylic acids is 1. The van der Waals surface area contributed by atoms with Crippen LogP contribution in [0.2, 0.25) is 0 Å². The van der Waals surface area contributed by atoms with E-state index >= 15 is 0 Å². The maximum atomic E-state index is 12.3. The van der Waals surface area contributed by atoms with E-state index in [0.29, 0.717) is 6.04 Å². The molecule has 112 valence electrons. The molecule has 0 heterocycles. The van der Waals surface area contributed by atoms with Crippen molar-refractivity contribution in [2.45, 2.75) is 45.2 Å². The van der Waals surface area contributed by atoms with Crippen LogP contribution in [0.3, 0.4) is 0 Å². The summed E-state index contributed by atoms with van der Waals surface area (Å²) < 4.78 is 0. The Morgan fingerprint density at radius 2 is 1.76 bits per heavy atom. The van der Waals surface area contributed by atoms with Gasteiger partial charge in [-0.3, -0.25) is 4.79 Å². The molecule has 1 amide bonds. The molecule has 3 aliphatic rings. The molecular formula is C18H24N2O. The SMILES string of the molecule is Cc1ccc(NC(=O)C(C)NC2C3C4CCC(C4)C23)cc1. The highest BCUT2D eigenvalue weighted by molar-refractivity contribution is 5.94. The zero-order valence-electron chi connectivity index (χ0n) is 12.8. The molecule has 5 unspecified atom stereocenters. The normalized spacial score (nSPS) is 37.1. The van der Waals surface area contributed by atoms with Crippen molar-refractivity contribution in [2.75, 3.05) is 5.32 Å². The predicted molar refractivity (Wildman–Crippen MR) is 84.0 cm³/mol. The Labute approximate surface area is 126 Å². The van der Waals surface area contributed by atoms with E-state index in [4.69, 9.17) is 0 Å². The van der Waals surface area contributed by atoms with Crippen molar-refractivity contribution in [3.8, 4) is 0 Å². The van der Waals surface area contributed by atoms with Gasteiger partial charge in [0.05, 0.1) is 6.04 Å². The van der Waals surface area contributed by atoms with Gasteiger partial charge in [0.1, 0.15) is 0 Å². The third-order valence-electron chi connectivity index (χ3n) is 5.89. The fourth-order valence-corrected chi connectivity index (χ4v) is 4.80. The summed E-state index contributed by atoms with van der Waals surface area (Å²) in [5, 5.41) is 6.58. The van der Waals surface area contributed by atoms with Crippen molar-refractivity contribution in [3.05, 3.63) is 29.8 Å². The highest BCUT2D eigenvalue weighted by Gasteiger charge is 2.65. The lowest BCUT2D eigenvalue weighted by Crippen LogP contribution is -2.41. The average molecular weight is 284 g/mol. The number of amides is 1. The van der Waals surface area contributed by atoms with Crippen LogP contribution in [0.15, 0.2) is 24.3 Å². The first-order valence-corrected chi connectivity index (χ1v) is 8.27. The van der Waals surface area contributed by atoms with E-state index in [9.17, 15) is 4.79 Å². The maximum absolute atomic E-state index is 12.3. The largest absolute Gasteiger partial charge is 0.325 e. The summed E-state index contributed by atoms with van der Waals surface area (Å²) in [7, 11) is 0. The molecule has 3 saturated carbocycles. The molecule has 0 aromatic heterocycles. The first kappa shape index (κ1) is 13.3. The van der Waals surface area contributed by atoms with Crippen molar-refractivity contribution in [3.63, 3.8) is 0 Å². The monoisotopic (exact) mass is 284 g/mol. The van der Waals surface area contributed by atoms with Crippen LogP contribution in [0.1, 0.15) is 31.7 Å². The molecule has 0 saturated heterocycles. The zero-order valence-corrected chi connectivity index (χ0v) is 12.8. The summed E-state index contributed by atoms with van der Waals surface area (Å²) in [6.07, 6.45) is 4.30. The molecule has 21 heavy (non-hydrogen) atoms. The summed E-state index contributed by atoms with van der Waals surface area (Å²) >= 11 is 0. The molecule has 0 spiro atoms. The maximum Gasteiger partial charge on any atom is 0.241 e. The van der Waals surface area contributed by atoms with Crippen molar-refractivity contribution >= 4 is 11.6 Å². The second-order valence-corrected chi connectivity index (χ2v) is 7.26. The van der Waals surface area contributed by atoms with Crippen LogP contribution < -0.4 is 10.6 Å². The zero-order chi connectivity index (χ0) is 14.6. The minimum atomic E-state index is -0.110. The molecule has 5 atom stereocenters. The number of rotatable bonds is 4. The lowest BCUT2D eigenvalue weighted by atomic mass is 10.0. The van der Waals surface area contributed by atoms with Crippen molar-refractivity contribution in [2.24, 2.45) is 23.7 Å². The number of hydrogen-bond donors (Lipinski definition) is 2. The second-order valence-electron chi connectivity index (χ2n) is 7.26.